The number of nitrogens with one attached hydrogen (secondary N) is 1. The van der Waals surface area contributed by atoms with Gasteiger partial charge in [-0.3, -0.25) is 0 Å². The molecule has 1 unspecified atom stereocenters. The van der Waals surface area contributed by atoms with Gasteiger partial charge >= 0.3 is 0 Å². The number of hydrogen-bond acceptors (Lipinski definition) is 2. The highest BCUT2D eigenvalue weighted by Gasteiger charge is 2.20. The predicted molar refractivity (Wildman–Crippen MR) is 89.0 cm³/mol. The minimum absolute atomic E-state index is 0.449. The van der Waals surface area contributed by atoms with Crippen LogP contribution in [0.4, 0.5) is 5.69 Å². The topological polar surface area (TPSA) is 21.3 Å². The van der Waals surface area contributed by atoms with E-state index in [1.54, 1.807) is 0 Å². The average molecular weight is 287 g/mol. The molecular formula is C19H29NO. The third-order valence-electron chi connectivity index (χ3n) is 5.21. The summed E-state index contributed by atoms with van der Waals surface area (Å²) >= 11 is 0. The number of ether oxygens (including phenoxy) is 1. The molecule has 1 aromatic carbocycles. The van der Waals surface area contributed by atoms with Crippen LogP contribution in [-0.2, 0) is 0 Å². The molecule has 2 nitrogen and oxygen atoms in total. The summed E-state index contributed by atoms with van der Waals surface area (Å²) in [5, 5.41) is 3.68. The molecule has 116 valence electrons. The van der Waals surface area contributed by atoms with Gasteiger partial charge in [0.05, 0.1) is 6.10 Å². The molecule has 1 aromatic rings. The Morgan fingerprint density at radius 3 is 2.19 bits per heavy atom. The Hall–Kier alpha value is -1.18. The van der Waals surface area contributed by atoms with Crippen molar-refractivity contribution in [3.05, 3.63) is 24.3 Å². The first-order valence-electron chi connectivity index (χ1n) is 8.84. The summed E-state index contributed by atoms with van der Waals surface area (Å²) < 4.78 is 6.02. The lowest BCUT2D eigenvalue weighted by atomic mass is 9.84. The average Bonchev–Trinajstić information content (AvgIpc) is 3.03. The third kappa shape index (κ3) is 4.15. The van der Waals surface area contributed by atoms with E-state index in [0.29, 0.717) is 12.1 Å². The minimum atomic E-state index is 0.449. The number of rotatable bonds is 5. The normalized spacial score (nSPS) is 22.1. The Labute approximate surface area is 129 Å². The predicted octanol–water partition coefficient (Wildman–Crippen LogP) is 5.39. The first kappa shape index (κ1) is 14.7. The van der Waals surface area contributed by atoms with Gasteiger partial charge in [0, 0.05) is 11.7 Å². The second kappa shape index (κ2) is 7.20. The van der Waals surface area contributed by atoms with Crippen LogP contribution in [0.25, 0.3) is 0 Å². The van der Waals surface area contributed by atoms with Crippen LogP contribution in [0.15, 0.2) is 24.3 Å². The molecule has 0 aromatic heterocycles. The Balaban J connectivity index is 1.51. The van der Waals surface area contributed by atoms with Gasteiger partial charge in [0.2, 0.25) is 0 Å². The second-order valence-corrected chi connectivity index (χ2v) is 6.88. The molecule has 2 aliphatic rings. The van der Waals surface area contributed by atoms with Crippen molar-refractivity contribution in [2.24, 2.45) is 5.92 Å². The van der Waals surface area contributed by atoms with Crippen molar-refractivity contribution in [1.82, 2.24) is 0 Å². The zero-order valence-corrected chi connectivity index (χ0v) is 13.3. The van der Waals surface area contributed by atoms with Crippen LogP contribution in [0.5, 0.6) is 5.75 Å². The van der Waals surface area contributed by atoms with Gasteiger partial charge in [0.1, 0.15) is 5.75 Å². The fourth-order valence-electron chi connectivity index (χ4n) is 3.84. The zero-order chi connectivity index (χ0) is 14.5. The second-order valence-electron chi connectivity index (χ2n) is 6.88. The summed E-state index contributed by atoms with van der Waals surface area (Å²) in [6.45, 7) is 2.33. The van der Waals surface area contributed by atoms with E-state index in [4.69, 9.17) is 4.74 Å². The van der Waals surface area contributed by atoms with Gasteiger partial charge in [-0.1, -0.05) is 19.3 Å². The van der Waals surface area contributed by atoms with Gasteiger partial charge in [-0.2, -0.15) is 0 Å². The molecule has 3 rings (SSSR count). The van der Waals surface area contributed by atoms with E-state index >= 15 is 0 Å². The van der Waals surface area contributed by atoms with Gasteiger partial charge < -0.3 is 10.1 Å². The van der Waals surface area contributed by atoms with Gasteiger partial charge in [-0.15, -0.1) is 0 Å². The lowest BCUT2D eigenvalue weighted by Gasteiger charge is -2.29. The monoisotopic (exact) mass is 287 g/mol. The molecule has 0 aliphatic heterocycles. The van der Waals surface area contributed by atoms with Crippen LogP contribution in [-0.4, -0.2) is 12.1 Å². The van der Waals surface area contributed by atoms with E-state index in [9.17, 15) is 0 Å². The first-order valence-corrected chi connectivity index (χ1v) is 8.84. The van der Waals surface area contributed by atoms with Crippen LogP contribution in [0.2, 0.25) is 0 Å². The molecule has 2 heteroatoms. The van der Waals surface area contributed by atoms with Crippen molar-refractivity contribution >= 4 is 5.69 Å². The molecule has 0 radical (unpaired) electrons. The lowest BCUT2D eigenvalue weighted by Crippen LogP contribution is -2.27. The zero-order valence-electron chi connectivity index (χ0n) is 13.3. The van der Waals surface area contributed by atoms with E-state index in [-0.39, 0.29) is 0 Å². The highest BCUT2D eigenvalue weighted by atomic mass is 16.5. The summed E-state index contributed by atoms with van der Waals surface area (Å²) in [5.41, 5.74) is 1.23. The van der Waals surface area contributed by atoms with Crippen molar-refractivity contribution in [3.63, 3.8) is 0 Å². The molecule has 0 amide bonds. The molecule has 21 heavy (non-hydrogen) atoms. The molecule has 2 saturated carbocycles. The molecule has 0 bridgehead atoms. The van der Waals surface area contributed by atoms with Crippen molar-refractivity contribution < 1.29 is 4.74 Å². The standard InChI is InChI=1S/C19H29NO/c1-15(16-7-3-2-4-8-16)20-17-11-13-19(14-12-17)21-18-9-5-6-10-18/h11-16,18,20H,2-10H2,1H3. The van der Waals surface area contributed by atoms with Gasteiger partial charge in [-0.25, -0.2) is 0 Å². The van der Waals surface area contributed by atoms with Crippen LogP contribution in [0.1, 0.15) is 64.7 Å². The van der Waals surface area contributed by atoms with E-state index in [0.717, 1.165) is 11.7 Å². The van der Waals surface area contributed by atoms with E-state index in [2.05, 4.69) is 36.5 Å². The number of benzene rings is 1. The maximum atomic E-state index is 6.02. The van der Waals surface area contributed by atoms with Crippen LogP contribution >= 0.6 is 0 Å². The van der Waals surface area contributed by atoms with Gasteiger partial charge in [0.25, 0.3) is 0 Å². The number of anilines is 1. The molecule has 2 fully saturated rings. The van der Waals surface area contributed by atoms with E-state index in [1.807, 2.05) is 0 Å². The Morgan fingerprint density at radius 1 is 0.905 bits per heavy atom. The highest BCUT2D eigenvalue weighted by molar-refractivity contribution is 5.47. The smallest absolute Gasteiger partial charge is 0.119 e. The van der Waals surface area contributed by atoms with Gasteiger partial charge in [0.15, 0.2) is 0 Å². The van der Waals surface area contributed by atoms with E-state index < -0.39 is 0 Å². The molecule has 0 heterocycles. The molecule has 1 atom stereocenters. The SMILES string of the molecule is CC(Nc1ccc(OC2CCCC2)cc1)C1CCCCC1. The molecular weight excluding hydrogens is 258 g/mol. The Morgan fingerprint density at radius 2 is 1.52 bits per heavy atom. The van der Waals surface area contributed by atoms with Crippen LogP contribution in [0, 0.1) is 5.92 Å². The fraction of sp³-hybridized carbons (Fsp3) is 0.684. The molecule has 1 N–H and O–H groups in total. The fourth-order valence-corrected chi connectivity index (χ4v) is 3.84. The largest absolute Gasteiger partial charge is 0.490 e. The minimum Gasteiger partial charge on any atom is -0.490 e. The van der Waals surface area contributed by atoms with E-state index in [1.165, 1.54) is 63.5 Å². The number of hydrogen-bond donors (Lipinski definition) is 1. The quantitative estimate of drug-likeness (QED) is 0.784. The Bertz CT molecular complexity index is 416. The van der Waals surface area contributed by atoms with Crippen molar-refractivity contribution in [2.75, 3.05) is 5.32 Å². The lowest BCUT2D eigenvalue weighted by molar-refractivity contribution is 0.210. The van der Waals surface area contributed by atoms with Crippen LogP contribution in [0.3, 0.4) is 0 Å². The maximum absolute atomic E-state index is 6.02. The Kier molecular flexibility index (Phi) is 5.05. The van der Waals surface area contributed by atoms with Crippen molar-refractivity contribution in [1.29, 1.82) is 0 Å². The summed E-state index contributed by atoms with van der Waals surface area (Å²) in [5.74, 6) is 1.87. The first-order chi connectivity index (χ1) is 10.3. The van der Waals surface area contributed by atoms with Crippen molar-refractivity contribution in [3.8, 4) is 5.75 Å². The summed E-state index contributed by atoms with van der Waals surface area (Å²) in [4.78, 5) is 0. The third-order valence-corrected chi connectivity index (χ3v) is 5.21. The molecule has 2 aliphatic carbocycles. The molecule has 0 spiro atoms. The van der Waals surface area contributed by atoms with Crippen molar-refractivity contribution in [2.45, 2.75) is 76.9 Å². The summed E-state index contributed by atoms with van der Waals surface area (Å²) in [6.07, 6.45) is 12.6. The highest BCUT2D eigenvalue weighted by Crippen LogP contribution is 2.29. The maximum Gasteiger partial charge on any atom is 0.119 e. The summed E-state index contributed by atoms with van der Waals surface area (Å²) in [7, 11) is 0. The van der Waals surface area contributed by atoms with Crippen LogP contribution < -0.4 is 10.1 Å². The molecule has 0 saturated heterocycles. The van der Waals surface area contributed by atoms with Gasteiger partial charge in [-0.05, 0) is 75.6 Å². The summed E-state index contributed by atoms with van der Waals surface area (Å²) in [6, 6.07) is 9.15.